The van der Waals surface area contributed by atoms with E-state index in [1.54, 1.807) is 7.11 Å². The van der Waals surface area contributed by atoms with Gasteiger partial charge in [0.25, 0.3) is 0 Å². The van der Waals surface area contributed by atoms with Crippen LogP contribution in [0.1, 0.15) is 85.0 Å². The number of methoxy groups -OCH3 is 1. The van der Waals surface area contributed by atoms with E-state index in [4.69, 9.17) is 4.74 Å². The number of Topliss-reactive ketones (excluding diaryl/α,β-unsaturated/α-hetero) is 1. The predicted octanol–water partition coefficient (Wildman–Crippen LogP) is 5.00. The van der Waals surface area contributed by atoms with Crippen molar-refractivity contribution in [3.8, 4) is 0 Å². The van der Waals surface area contributed by atoms with Crippen LogP contribution in [-0.2, 0) is 9.53 Å². The summed E-state index contributed by atoms with van der Waals surface area (Å²) in [6, 6.07) is 0. The third-order valence-electron chi connectivity index (χ3n) is 8.62. The minimum atomic E-state index is -0.610. The Bertz CT molecular complexity index is 504. The number of ketones is 1. The number of hydrogen-bond acceptors (Lipinski definition) is 3. The molecule has 26 heavy (non-hydrogen) atoms. The van der Waals surface area contributed by atoms with Crippen LogP contribution in [0, 0.1) is 35.0 Å². The van der Waals surface area contributed by atoms with Gasteiger partial charge >= 0.3 is 0 Å². The summed E-state index contributed by atoms with van der Waals surface area (Å²) in [5, 5.41) is 10.9. The normalized spacial score (nSPS) is 47.0. The van der Waals surface area contributed by atoms with Gasteiger partial charge in [0.2, 0.25) is 0 Å². The number of fused-ring (bicyclic) bond motifs is 2. The molecule has 0 heterocycles. The molecular weight excluding hydrogens is 324 g/mol. The topological polar surface area (TPSA) is 46.5 Å². The molecule has 0 aliphatic heterocycles. The summed E-state index contributed by atoms with van der Waals surface area (Å²) in [4.78, 5) is 12.3. The van der Waals surface area contributed by atoms with E-state index in [1.165, 1.54) is 38.5 Å². The first-order valence-electron chi connectivity index (χ1n) is 11.0. The van der Waals surface area contributed by atoms with E-state index in [2.05, 4.69) is 13.8 Å². The fourth-order valence-electron chi connectivity index (χ4n) is 7.09. The maximum absolute atomic E-state index is 12.3. The van der Waals surface area contributed by atoms with Crippen molar-refractivity contribution in [3.63, 3.8) is 0 Å². The van der Waals surface area contributed by atoms with E-state index in [0.29, 0.717) is 30.1 Å². The van der Waals surface area contributed by atoms with Crippen LogP contribution >= 0.6 is 0 Å². The smallest absolute Gasteiger partial charge is 0.133 e. The summed E-state index contributed by atoms with van der Waals surface area (Å²) >= 11 is 0. The molecule has 0 aromatic heterocycles. The summed E-state index contributed by atoms with van der Waals surface area (Å²) < 4.78 is 5.31. The lowest BCUT2D eigenvalue weighted by atomic mass is 9.61. The van der Waals surface area contributed by atoms with Crippen LogP contribution in [0.3, 0.4) is 0 Å². The van der Waals surface area contributed by atoms with E-state index < -0.39 is 5.60 Å². The highest BCUT2D eigenvalue weighted by molar-refractivity contribution is 5.79. The number of carbonyl (C=O) groups is 1. The van der Waals surface area contributed by atoms with E-state index >= 15 is 0 Å². The van der Waals surface area contributed by atoms with Gasteiger partial charge in [0.1, 0.15) is 5.78 Å². The first-order valence-corrected chi connectivity index (χ1v) is 11.0. The molecule has 7 atom stereocenters. The minimum Gasteiger partial charge on any atom is -0.387 e. The van der Waals surface area contributed by atoms with Gasteiger partial charge in [-0.25, -0.2) is 0 Å². The molecular formula is C23H40O3. The first kappa shape index (κ1) is 20.3. The molecule has 1 N–H and O–H groups in total. The zero-order valence-corrected chi connectivity index (χ0v) is 17.4. The zero-order chi connectivity index (χ0) is 18.9. The highest BCUT2D eigenvalue weighted by atomic mass is 16.5. The van der Waals surface area contributed by atoms with E-state index in [0.717, 1.165) is 31.6 Å². The van der Waals surface area contributed by atoms with E-state index in [-0.39, 0.29) is 11.3 Å². The first-order chi connectivity index (χ1) is 12.3. The molecule has 0 bridgehead atoms. The monoisotopic (exact) mass is 364 g/mol. The lowest BCUT2D eigenvalue weighted by Gasteiger charge is -2.46. The molecule has 3 aliphatic rings. The third-order valence-corrected chi connectivity index (χ3v) is 8.62. The minimum absolute atomic E-state index is 0.221. The van der Waals surface area contributed by atoms with Crippen LogP contribution in [0.2, 0.25) is 0 Å². The number of carbonyl (C=O) groups excluding carboxylic acids is 1. The van der Waals surface area contributed by atoms with Gasteiger partial charge in [-0.05, 0) is 87.4 Å². The second-order valence-electron chi connectivity index (χ2n) is 10.2. The summed E-state index contributed by atoms with van der Waals surface area (Å²) in [6.07, 6.45) is 11.4. The maximum Gasteiger partial charge on any atom is 0.133 e. The zero-order valence-electron chi connectivity index (χ0n) is 17.4. The largest absolute Gasteiger partial charge is 0.387 e. The van der Waals surface area contributed by atoms with Crippen LogP contribution in [0.25, 0.3) is 0 Å². The van der Waals surface area contributed by atoms with Crippen LogP contribution in [-0.4, -0.2) is 30.2 Å². The third kappa shape index (κ3) is 3.90. The molecule has 0 aromatic carbocycles. The SMILES string of the molecule is COC[C@]1(O)CC[C@H]2[C@@H](CCC[C@@H]3CC[C@H](C(C)=O)C3(C)CC[C@H]2C)C1. The molecule has 0 radical (unpaired) electrons. The van der Waals surface area contributed by atoms with Crippen LogP contribution in [0.15, 0.2) is 0 Å². The molecule has 3 rings (SSSR count). The lowest BCUT2D eigenvalue weighted by Crippen LogP contribution is -2.44. The Morgan fingerprint density at radius 1 is 1.12 bits per heavy atom. The number of rotatable bonds is 3. The predicted molar refractivity (Wildman–Crippen MR) is 105 cm³/mol. The van der Waals surface area contributed by atoms with Crippen molar-refractivity contribution in [1.82, 2.24) is 0 Å². The van der Waals surface area contributed by atoms with Gasteiger partial charge < -0.3 is 9.84 Å². The van der Waals surface area contributed by atoms with Crippen LogP contribution in [0.5, 0.6) is 0 Å². The fraction of sp³-hybridized carbons (Fsp3) is 0.957. The Balaban J connectivity index is 1.74. The number of aliphatic hydroxyl groups is 1. The van der Waals surface area contributed by atoms with Crippen molar-refractivity contribution in [2.75, 3.05) is 13.7 Å². The quantitative estimate of drug-likeness (QED) is 0.766. The fourth-order valence-corrected chi connectivity index (χ4v) is 7.09. The molecule has 3 heteroatoms. The Kier molecular flexibility index (Phi) is 6.19. The van der Waals surface area contributed by atoms with Gasteiger partial charge in [-0.3, -0.25) is 4.79 Å². The molecule has 0 spiro atoms. The average Bonchev–Trinajstić information content (AvgIpc) is 2.90. The van der Waals surface area contributed by atoms with Crippen LogP contribution < -0.4 is 0 Å². The summed E-state index contributed by atoms with van der Waals surface area (Å²) in [6.45, 7) is 7.14. The Morgan fingerprint density at radius 3 is 2.58 bits per heavy atom. The van der Waals surface area contributed by atoms with Crippen LogP contribution in [0.4, 0.5) is 0 Å². The molecule has 0 amide bonds. The van der Waals surface area contributed by atoms with E-state index in [1.807, 2.05) is 6.92 Å². The van der Waals surface area contributed by atoms with Crippen molar-refractivity contribution in [1.29, 1.82) is 0 Å². The highest BCUT2D eigenvalue weighted by Gasteiger charge is 2.49. The van der Waals surface area contributed by atoms with Gasteiger partial charge in [0, 0.05) is 13.0 Å². The van der Waals surface area contributed by atoms with Crippen molar-refractivity contribution in [2.24, 2.45) is 35.0 Å². The number of ether oxygens (including phenoxy) is 1. The van der Waals surface area contributed by atoms with E-state index in [9.17, 15) is 9.90 Å². The molecule has 0 saturated heterocycles. The Labute approximate surface area is 160 Å². The highest BCUT2D eigenvalue weighted by Crippen LogP contribution is 2.55. The van der Waals surface area contributed by atoms with Gasteiger partial charge in [-0.1, -0.05) is 26.7 Å². The van der Waals surface area contributed by atoms with Gasteiger partial charge in [0.15, 0.2) is 0 Å². The molecule has 1 unspecified atom stereocenters. The molecule has 3 aliphatic carbocycles. The number of hydrogen-bond donors (Lipinski definition) is 1. The molecule has 0 aromatic rings. The second kappa shape index (κ2) is 7.91. The average molecular weight is 365 g/mol. The molecule has 3 fully saturated rings. The molecule has 150 valence electrons. The summed E-state index contributed by atoms with van der Waals surface area (Å²) in [5.41, 5.74) is -0.389. The van der Waals surface area contributed by atoms with Gasteiger partial charge in [-0.15, -0.1) is 0 Å². The van der Waals surface area contributed by atoms with Crippen molar-refractivity contribution >= 4 is 5.78 Å². The molecule has 3 saturated carbocycles. The molecule has 3 nitrogen and oxygen atoms in total. The summed E-state index contributed by atoms with van der Waals surface area (Å²) in [5.74, 6) is 3.46. The van der Waals surface area contributed by atoms with Crippen molar-refractivity contribution < 1.29 is 14.6 Å². The van der Waals surface area contributed by atoms with Gasteiger partial charge in [-0.2, -0.15) is 0 Å². The standard InChI is InChI=1S/C23H40O3/c1-16-10-12-22(3)19(8-9-21(22)17(2)24)7-5-6-18-14-23(25,15-26-4)13-11-20(16)18/h16,18-21,25H,5-15H2,1-4H3/t16-,18+,19-,20-,21-,22?,23+/m1/s1. The Hall–Kier alpha value is -0.410. The van der Waals surface area contributed by atoms with Crippen molar-refractivity contribution in [2.45, 2.75) is 90.6 Å². The lowest BCUT2D eigenvalue weighted by molar-refractivity contribution is -0.124. The Morgan fingerprint density at radius 2 is 1.88 bits per heavy atom. The summed E-state index contributed by atoms with van der Waals surface area (Å²) in [7, 11) is 1.70. The second-order valence-corrected chi connectivity index (χ2v) is 10.2. The maximum atomic E-state index is 12.3. The van der Waals surface area contributed by atoms with Gasteiger partial charge in [0.05, 0.1) is 12.2 Å². The van der Waals surface area contributed by atoms with Crippen molar-refractivity contribution in [3.05, 3.63) is 0 Å².